The van der Waals surface area contributed by atoms with Gasteiger partial charge in [-0.3, -0.25) is 19.8 Å². The second-order valence-electron chi connectivity index (χ2n) is 29.9. The molecule has 0 unspecified atom stereocenters. The number of allylic oxidation sites excluding steroid dienone is 1. The average Bonchev–Trinajstić information content (AvgIpc) is 1.17. The summed E-state index contributed by atoms with van der Waals surface area (Å²) < 4.78 is 33.9. The van der Waals surface area contributed by atoms with Crippen LogP contribution in [0.2, 0.25) is 0 Å². The summed E-state index contributed by atoms with van der Waals surface area (Å²) in [6, 6.07) is 15.9. The maximum absolute atomic E-state index is 14.5. The summed E-state index contributed by atoms with van der Waals surface area (Å²) >= 11 is 0. The number of phenolic OH excluding ortho intramolecular Hbond substituents is 1. The van der Waals surface area contributed by atoms with Gasteiger partial charge < -0.3 is 70.3 Å². The van der Waals surface area contributed by atoms with Crippen molar-refractivity contribution < 1.29 is 63.9 Å². The number of hydrogen-bond acceptors (Lipinski definition) is 17. The maximum atomic E-state index is 14.5. The highest BCUT2D eigenvalue weighted by Gasteiger charge is 2.61. The van der Waals surface area contributed by atoms with Crippen molar-refractivity contribution in [2.75, 3.05) is 66.0 Å². The Morgan fingerprint density at radius 1 is 0.863 bits per heavy atom. The maximum Gasteiger partial charge on any atom is 0.258 e. The number of aromatic hydroxyl groups is 1. The van der Waals surface area contributed by atoms with Gasteiger partial charge in [0, 0.05) is 100 Å². The fraction of sp³-hybridized carbons (Fsp3) is 0.610. The number of anilines is 1. The number of ether oxygens (including phenoxy) is 5. The lowest BCUT2D eigenvalue weighted by molar-refractivity contribution is -0.153. The summed E-state index contributed by atoms with van der Waals surface area (Å²) in [7, 11) is 5.18. The lowest BCUT2D eigenvalue weighted by Gasteiger charge is -2.60. The van der Waals surface area contributed by atoms with Crippen LogP contribution < -0.4 is 45.0 Å². The Morgan fingerprint density at radius 3 is 2.40 bits per heavy atom. The Kier molecular flexibility index (Phi) is 19.3. The zero-order chi connectivity index (χ0) is 66.7. The van der Waals surface area contributed by atoms with E-state index in [-0.39, 0.29) is 78.1 Å². The minimum atomic E-state index is -1.15. The number of benzene rings is 4. The molecular formula is C77H103N5O13. The van der Waals surface area contributed by atoms with E-state index in [9.17, 15) is 40.2 Å². The molecule has 4 aliphatic heterocycles. The van der Waals surface area contributed by atoms with E-state index in [2.05, 4.69) is 66.3 Å². The van der Waals surface area contributed by atoms with Crippen molar-refractivity contribution >= 4 is 23.6 Å². The smallest absolute Gasteiger partial charge is 0.258 e. The van der Waals surface area contributed by atoms with E-state index in [0.29, 0.717) is 103 Å². The molecule has 10 N–H and O–H groups in total. The average molecular weight is 1310 g/mol. The summed E-state index contributed by atoms with van der Waals surface area (Å²) in [6.45, 7) is 9.47. The normalized spacial score (nSPS) is 29.4. The molecule has 0 spiro atoms. The van der Waals surface area contributed by atoms with Gasteiger partial charge in [-0.1, -0.05) is 82.4 Å². The molecule has 13 rings (SSSR count). The van der Waals surface area contributed by atoms with Gasteiger partial charge >= 0.3 is 0 Å². The molecule has 0 aromatic heterocycles. The first-order valence-electron chi connectivity index (χ1n) is 35.8. The molecule has 3 saturated carbocycles. The number of nitrogens with zero attached hydrogens (tertiary/aromatic N) is 1. The Balaban J connectivity index is 0.824. The highest BCUT2D eigenvalue weighted by atomic mass is 16.5. The lowest BCUT2D eigenvalue weighted by atomic mass is 9.47. The number of hydrogen-bond donors (Lipinski definition) is 10. The number of nitrogens with one attached hydrogen (secondary N) is 4. The van der Waals surface area contributed by atoms with Gasteiger partial charge in [0.15, 0.2) is 23.5 Å². The van der Waals surface area contributed by atoms with Gasteiger partial charge in [0.1, 0.15) is 23.9 Å². The number of likely N-dealkylation sites (N-methyl/N-ethyl adjacent to an activating group) is 2. The van der Waals surface area contributed by atoms with Crippen LogP contribution in [-0.4, -0.2) is 138 Å². The molecule has 5 aliphatic carbocycles. The van der Waals surface area contributed by atoms with Gasteiger partial charge in [-0.05, 0) is 169 Å². The third-order valence-corrected chi connectivity index (χ3v) is 24.6. The van der Waals surface area contributed by atoms with Gasteiger partial charge in [0.05, 0.1) is 56.3 Å². The molecule has 14 atom stereocenters. The van der Waals surface area contributed by atoms with Crippen molar-refractivity contribution in [1.82, 2.24) is 20.9 Å². The molecule has 4 aromatic carbocycles. The Morgan fingerprint density at radius 2 is 1.64 bits per heavy atom. The number of aliphatic hydroxyl groups is 5. The molecule has 0 bridgehead atoms. The van der Waals surface area contributed by atoms with Crippen LogP contribution >= 0.6 is 0 Å². The number of aliphatic hydroxyl groups excluding tert-OH is 5. The Labute approximate surface area is 560 Å². The predicted molar refractivity (Wildman–Crippen MR) is 365 cm³/mol. The van der Waals surface area contributed by atoms with E-state index >= 15 is 0 Å². The SMILES string of the molecule is CC[C@@](C)(CC[C@@H]1CCC[C@@]2(Oc3cc(OCCNC)c4c5c3[C@@H](O)Nc3cc6c(c(c3-5)CC4)[C@@H](O)[C@H](c3cc(OC)c(O)c(OC[C@H](CO)[C@]45CCC[C@H](C7(N8C(=O)C=C(CNC)C8=O)CCCCC7)[C@H]4C=Cc4ccccc45)c3)CO6)N[C@@H](C)CC[C@@H]12)C[C@H](O)[C@H](C)O. The van der Waals surface area contributed by atoms with Crippen LogP contribution in [0.5, 0.6) is 34.5 Å². The van der Waals surface area contributed by atoms with Gasteiger partial charge in [-0.25, -0.2) is 0 Å². The summed E-state index contributed by atoms with van der Waals surface area (Å²) in [4.78, 5) is 30.3. The highest BCUT2D eigenvalue weighted by molar-refractivity contribution is 6.17. The van der Waals surface area contributed by atoms with Crippen molar-refractivity contribution in [3.63, 3.8) is 0 Å². The summed E-state index contributed by atoms with van der Waals surface area (Å²) in [5, 5.41) is 84.6. The van der Waals surface area contributed by atoms with Crippen molar-refractivity contribution in [3.05, 3.63) is 105 Å². The topological polar surface area (TPSA) is 253 Å². The highest BCUT2D eigenvalue weighted by Crippen LogP contribution is 2.63. The van der Waals surface area contributed by atoms with E-state index in [1.807, 2.05) is 31.3 Å². The zero-order valence-electron chi connectivity index (χ0n) is 56.9. The third-order valence-electron chi connectivity index (χ3n) is 24.6. The van der Waals surface area contributed by atoms with Gasteiger partial charge in [0.25, 0.3) is 11.8 Å². The van der Waals surface area contributed by atoms with E-state index in [4.69, 9.17) is 23.7 Å². The van der Waals surface area contributed by atoms with Crippen LogP contribution in [0.25, 0.3) is 17.2 Å². The molecule has 4 aromatic rings. The van der Waals surface area contributed by atoms with Crippen molar-refractivity contribution in [2.45, 2.75) is 203 Å². The number of piperidine rings is 1. The number of imide groups is 1. The monoisotopic (exact) mass is 1310 g/mol. The molecule has 514 valence electrons. The molecular weight excluding hydrogens is 1200 g/mol. The van der Waals surface area contributed by atoms with Crippen LogP contribution in [0.4, 0.5) is 5.69 Å². The van der Waals surface area contributed by atoms with Crippen LogP contribution in [0.1, 0.15) is 194 Å². The molecule has 4 fully saturated rings. The quantitative estimate of drug-likeness (QED) is 0.0231. The lowest BCUT2D eigenvalue weighted by Crippen LogP contribution is -2.65. The fourth-order valence-corrected chi connectivity index (χ4v) is 19.6. The Hall–Kier alpha value is -6.22. The molecule has 0 radical (unpaired) electrons. The summed E-state index contributed by atoms with van der Waals surface area (Å²) in [5.41, 5.74) is 6.50. The molecule has 2 amide bonds. The minimum absolute atomic E-state index is 0.00748. The van der Waals surface area contributed by atoms with Crippen LogP contribution in [-0.2, 0) is 27.8 Å². The molecule has 95 heavy (non-hydrogen) atoms. The fourth-order valence-electron chi connectivity index (χ4n) is 19.6. The van der Waals surface area contributed by atoms with Crippen molar-refractivity contribution in [1.29, 1.82) is 0 Å². The minimum Gasteiger partial charge on any atom is -0.502 e. The first-order valence-corrected chi connectivity index (χ1v) is 35.8. The largest absolute Gasteiger partial charge is 0.502 e. The van der Waals surface area contributed by atoms with E-state index in [0.717, 1.165) is 123 Å². The second kappa shape index (κ2) is 27.2. The Bertz CT molecular complexity index is 3580. The molecule has 1 saturated heterocycles. The predicted octanol–water partition coefficient (Wildman–Crippen LogP) is 10.6. The van der Waals surface area contributed by atoms with E-state index in [1.54, 1.807) is 31.0 Å². The number of carbonyl (C=O) groups is 2. The molecule has 18 nitrogen and oxygen atoms in total. The van der Waals surface area contributed by atoms with Crippen molar-refractivity contribution in [2.24, 2.45) is 35.0 Å². The number of methoxy groups -OCH3 is 1. The number of rotatable bonds is 24. The van der Waals surface area contributed by atoms with E-state index in [1.165, 1.54) is 13.2 Å². The molecule has 18 heteroatoms. The number of fused-ring (bicyclic) bond motifs is 6. The summed E-state index contributed by atoms with van der Waals surface area (Å²) in [5.74, 6) is 0.446. The first-order chi connectivity index (χ1) is 45.9. The van der Waals surface area contributed by atoms with Crippen LogP contribution in [0, 0.1) is 35.0 Å². The van der Waals surface area contributed by atoms with Crippen LogP contribution in [0.3, 0.4) is 0 Å². The molecule has 9 aliphatic rings. The van der Waals surface area contributed by atoms with E-state index < -0.39 is 53.1 Å². The molecule has 4 heterocycles. The number of carbonyl (C=O) groups excluding carboxylic acids is 2. The number of phenols is 1. The second-order valence-corrected chi connectivity index (χ2v) is 29.9. The number of amides is 2. The van der Waals surface area contributed by atoms with Gasteiger partial charge in [-0.15, -0.1) is 0 Å². The van der Waals surface area contributed by atoms with Gasteiger partial charge in [-0.2, -0.15) is 0 Å². The van der Waals surface area contributed by atoms with Crippen LogP contribution in [0.15, 0.2) is 66.3 Å². The summed E-state index contributed by atoms with van der Waals surface area (Å²) in [6.07, 6.45) is 17.9. The third kappa shape index (κ3) is 11.8. The van der Waals surface area contributed by atoms with Gasteiger partial charge in [0.2, 0.25) is 5.75 Å². The zero-order valence-corrected chi connectivity index (χ0v) is 56.9. The standard InChI is InChI=1S/C77H103N5O13/c1-8-74(4,39-59(85)45(3)84)31-26-47-17-14-30-77(55(47)24-20-44(2)81-77)95-62-38-60(92-33-32-78-5)51-22-23-52-66-58(80-72(89)69(62)68(51)66)37-61-67(52)70(87)53(43-94-61)48-34-63(91-7)71(88)64(35-48)93-42-50(41-83)76-29-15-19-56(57(76)25-21-46-16-10-11-18-54(46)76)75(27-12-9-13-28-75)82-65(86)36-49(40-79-6)73(82)90/h10-11,16,18,21,25,34-38,44-45,47,50,53,55-57,59,70,72,78-81,83-85,87-89H,8-9,12-15,17,19-20,22-24,26-33,39-43H2,1-7H3/t44-,45-,47-,50-,53-,55-,56-,57+,59-,70-,72+,74-,76-,77-/m0/s1. The van der Waals surface area contributed by atoms with Crippen molar-refractivity contribution in [3.8, 4) is 45.6 Å². The first kappa shape index (κ1) is 67.4.